The molecule has 0 bridgehead atoms. The van der Waals surface area contributed by atoms with Crippen molar-refractivity contribution in [3.8, 4) is 0 Å². The maximum atomic E-state index is 10.9. The number of carbonyl (C=O) groups is 1. The van der Waals surface area contributed by atoms with Crippen molar-refractivity contribution in [3.63, 3.8) is 0 Å². The molecule has 1 fully saturated rings. The lowest BCUT2D eigenvalue weighted by molar-refractivity contribution is -0.149. The Kier molecular flexibility index (Phi) is 3.93. The zero-order chi connectivity index (χ0) is 10.7. The highest BCUT2D eigenvalue weighted by atomic mass is 16.4. The Morgan fingerprint density at radius 1 is 1.50 bits per heavy atom. The maximum absolute atomic E-state index is 10.9. The molecule has 0 radical (unpaired) electrons. The highest BCUT2D eigenvalue weighted by Gasteiger charge is 2.39. The molecule has 0 aromatic rings. The number of carboxylic acids is 1. The summed E-state index contributed by atoms with van der Waals surface area (Å²) >= 11 is 0. The molecule has 0 aliphatic heterocycles. The topological polar surface area (TPSA) is 40.5 Å². The Morgan fingerprint density at radius 2 is 2.14 bits per heavy atom. The average Bonchev–Trinajstić information content (AvgIpc) is 1.98. The van der Waals surface area contributed by atoms with Gasteiger partial charge in [-0.25, -0.2) is 0 Å². The van der Waals surface area contributed by atoms with E-state index in [2.05, 4.69) is 25.7 Å². The maximum Gasteiger partial charge on any atom is 0.308 e. The molecule has 0 aromatic heterocycles. The summed E-state index contributed by atoms with van der Waals surface area (Å²) in [5, 5.41) is 8.96. The molecule has 2 unspecified atom stereocenters. The van der Waals surface area contributed by atoms with Crippen molar-refractivity contribution < 1.29 is 9.90 Å². The van der Waals surface area contributed by atoms with Crippen molar-refractivity contribution >= 4 is 5.97 Å². The van der Waals surface area contributed by atoms with E-state index in [9.17, 15) is 4.79 Å². The van der Waals surface area contributed by atoms with Crippen LogP contribution in [0.15, 0.2) is 0 Å². The van der Waals surface area contributed by atoms with E-state index in [-0.39, 0.29) is 5.92 Å². The van der Waals surface area contributed by atoms with Crippen molar-refractivity contribution in [2.75, 3.05) is 13.1 Å². The van der Waals surface area contributed by atoms with Gasteiger partial charge >= 0.3 is 5.97 Å². The molecule has 1 aliphatic carbocycles. The molecule has 0 heterocycles. The number of hydrogen-bond acceptors (Lipinski definition) is 2. The fraction of sp³-hybridized carbons (Fsp3) is 0.909. The van der Waals surface area contributed by atoms with Gasteiger partial charge in [-0.3, -0.25) is 9.69 Å². The quantitative estimate of drug-likeness (QED) is 0.734. The lowest BCUT2D eigenvalue weighted by Crippen LogP contribution is -2.51. The van der Waals surface area contributed by atoms with Crippen LogP contribution in [0.1, 0.15) is 33.6 Å². The predicted molar refractivity (Wildman–Crippen MR) is 56.2 cm³/mol. The van der Waals surface area contributed by atoms with E-state index in [1.165, 1.54) is 0 Å². The first-order valence-corrected chi connectivity index (χ1v) is 5.53. The Labute approximate surface area is 86.1 Å². The molecule has 14 heavy (non-hydrogen) atoms. The van der Waals surface area contributed by atoms with Crippen LogP contribution in [0.2, 0.25) is 0 Å². The molecule has 0 amide bonds. The summed E-state index contributed by atoms with van der Waals surface area (Å²) in [5.41, 5.74) is 0. The van der Waals surface area contributed by atoms with Crippen molar-refractivity contribution in [3.05, 3.63) is 0 Å². The number of rotatable bonds is 5. The van der Waals surface area contributed by atoms with Crippen molar-refractivity contribution in [2.45, 2.75) is 39.7 Å². The van der Waals surface area contributed by atoms with Gasteiger partial charge in [-0.2, -0.15) is 0 Å². The van der Waals surface area contributed by atoms with Crippen molar-refractivity contribution in [1.82, 2.24) is 4.90 Å². The van der Waals surface area contributed by atoms with E-state index in [0.717, 1.165) is 25.9 Å². The van der Waals surface area contributed by atoms with Gasteiger partial charge in [-0.15, -0.1) is 0 Å². The molecule has 0 saturated heterocycles. The van der Waals surface area contributed by atoms with Crippen molar-refractivity contribution in [2.24, 2.45) is 11.8 Å². The molecule has 1 saturated carbocycles. The van der Waals surface area contributed by atoms with E-state index in [4.69, 9.17) is 5.11 Å². The number of nitrogens with zero attached hydrogens (tertiary/aromatic N) is 1. The van der Waals surface area contributed by atoms with E-state index < -0.39 is 5.97 Å². The van der Waals surface area contributed by atoms with Crippen LogP contribution in [0, 0.1) is 11.8 Å². The van der Waals surface area contributed by atoms with Gasteiger partial charge in [0, 0.05) is 12.6 Å². The predicted octanol–water partition coefficient (Wildman–Crippen LogP) is 1.83. The summed E-state index contributed by atoms with van der Waals surface area (Å²) in [6, 6.07) is 0.292. The number of aliphatic carboxylic acids is 1. The van der Waals surface area contributed by atoms with Crippen LogP contribution in [-0.4, -0.2) is 35.1 Å². The normalized spacial score (nSPS) is 26.6. The first-order chi connectivity index (χ1) is 6.56. The Morgan fingerprint density at radius 3 is 2.43 bits per heavy atom. The van der Waals surface area contributed by atoms with E-state index in [0.29, 0.717) is 12.0 Å². The second-order valence-electron chi connectivity index (χ2n) is 4.57. The van der Waals surface area contributed by atoms with Gasteiger partial charge in [0.15, 0.2) is 0 Å². The second kappa shape index (κ2) is 4.78. The minimum atomic E-state index is -0.622. The summed E-state index contributed by atoms with van der Waals surface area (Å²) in [6.45, 7) is 8.45. The van der Waals surface area contributed by atoms with Crippen LogP contribution >= 0.6 is 0 Å². The largest absolute Gasteiger partial charge is 0.481 e. The first-order valence-electron chi connectivity index (χ1n) is 5.53. The summed E-state index contributed by atoms with van der Waals surface area (Å²) in [6.07, 6.45) is 1.91. The van der Waals surface area contributed by atoms with Gasteiger partial charge in [0.1, 0.15) is 0 Å². The van der Waals surface area contributed by atoms with Crippen LogP contribution in [0.3, 0.4) is 0 Å². The lowest BCUT2D eigenvalue weighted by atomic mass is 9.78. The van der Waals surface area contributed by atoms with Crippen LogP contribution in [-0.2, 0) is 4.79 Å². The molecule has 1 aliphatic rings. The molecule has 3 heteroatoms. The molecule has 82 valence electrons. The average molecular weight is 199 g/mol. The van der Waals surface area contributed by atoms with Gasteiger partial charge in [-0.1, -0.05) is 20.8 Å². The Hall–Kier alpha value is -0.570. The van der Waals surface area contributed by atoms with Gasteiger partial charge in [-0.05, 0) is 25.3 Å². The zero-order valence-electron chi connectivity index (χ0n) is 9.36. The van der Waals surface area contributed by atoms with Gasteiger partial charge in [0.2, 0.25) is 0 Å². The molecule has 0 aromatic carbocycles. The second-order valence-corrected chi connectivity index (χ2v) is 4.57. The smallest absolute Gasteiger partial charge is 0.308 e. The van der Waals surface area contributed by atoms with E-state index >= 15 is 0 Å². The lowest BCUT2D eigenvalue weighted by Gasteiger charge is -2.42. The highest BCUT2D eigenvalue weighted by Crippen LogP contribution is 2.32. The van der Waals surface area contributed by atoms with Crippen LogP contribution in [0.5, 0.6) is 0 Å². The molecule has 2 atom stereocenters. The fourth-order valence-electron chi connectivity index (χ4n) is 2.18. The minimum Gasteiger partial charge on any atom is -0.481 e. The monoisotopic (exact) mass is 199 g/mol. The first kappa shape index (κ1) is 11.5. The number of carboxylic acid groups (broad SMARTS) is 1. The SMILES string of the molecule is CCN(CC(C)C)C1CCC1C(=O)O. The third kappa shape index (κ3) is 2.47. The summed E-state index contributed by atoms with van der Waals surface area (Å²) in [7, 11) is 0. The van der Waals surface area contributed by atoms with Crippen molar-refractivity contribution in [1.29, 1.82) is 0 Å². The fourth-order valence-corrected chi connectivity index (χ4v) is 2.18. The highest BCUT2D eigenvalue weighted by molar-refractivity contribution is 5.72. The van der Waals surface area contributed by atoms with Crippen LogP contribution in [0.4, 0.5) is 0 Å². The molecule has 3 nitrogen and oxygen atoms in total. The molecular weight excluding hydrogens is 178 g/mol. The van der Waals surface area contributed by atoms with E-state index in [1.807, 2.05) is 0 Å². The molecule has 1 N–H and O–H groups in total. The molecular formula is C11H21NO2. The zero-order valence-corrected chi connectivity index (χ0v) is 9.36. The van der Waals surface area contributed by atoms with Gasteiger partial charge in [0.25, 0.3) is 0 Å². The molecule has 1 rings (SSSR count). The Bertz CT molecular complexity index is 203. The van der Waals surface area contributed by atoms with Gasteiger partial charge < -0.3 is 5.11 Å². The molecule has 0 spiro atoms. The summed E-state index contributed by atoms with van der Waals surface area (Å²) in [5.74, 6) is -0.123. The summed E-state index contributed by atoms with van der Waals surface area (Å²) in [4.78, 5) is 13.2. The third-order valence-corrected chi connectivity index (χ3v) is 3.03. The Balaban J connectivity index is 2.48. The standard InChI is InChI=1S/C11H21NO2/c1-4-12(7-8(2)3)10-6-5-9(10)11(13)14/h8-10H,4-7H2,1-3H3,(H,13,14). The minimum absolute atomic E-state index is 0.117. The van der Waals surface area contributed by atoms with Crippen LogP contribution in [0.25, 0.3) is 0 Å². The summed E-state index contributed by atoms with van der Waals surface area (Å²) < 4.78 is 0. The van der Waals surface area contributed by atoms with Crippen LogP contribution < -0.4 is 0 Å². The third-order valence-electron chi connectivity index (χ3n) is 3.03. The van der Waals surface area contributed by atoms with E-state index in [1.54, 1.807) is 0 Å². The number of hydrogen-bond donors (Lipinski definition) is 1. The van der Waals surface area contributed by atoms with Gasteiger partial charge in [0.05, 0.1) is 5.92 Å².